The van der Waals surface area contributed by atoms with Gasteiger partial charge in [0.05, 0.1) is 19.3 Å². The van der Waals surface area contributed by atoms with Crippen molar-refractivity contribution in [2.24, 2.45) is 0 Å². The summed E-state index contributed by atoms with van der Waals surface area (Å²) in [6.45, 7) is 7.03. The molecule has 0 aliphatic carbocycles. The molecule has 0 radical (unpaired) electrons. The van der Waals surface area contributed by atoms with Crippen LogP contribution in [-0.2, 0) is 25.6 Å². The third kappa shape index (κ3) is 7.19. The molecule has 1 aromatic carbocycles. The van der Waals surface area contributed by atoms with Crippen molar-refractivity contribution in [2.75, 3.05) is 19.8 Å². The van der Waals surface area contributed by atoms with E-state index in [9.17, 15) is 14.7 Å². The molecule has 7 heteroatoms. The van der Waals surface area contributed by atoms with Gasteiger partial charge in [0.1, 0.15) is 11.6 Å². The molecule has 2 rings (SSSR count). The third-order valence-electron chi connectivity index (χ3n) is 4.07. The van der Waals surface area contributed by atoms with E-state index >= 15 is 0 Å². The molecule has 1 aromatic rings. The van der Waals surface area contributed by atoms with Crippen molar-refractivity contribution < 1.29 is 28.9 Å². The van der Waals surface area contributed by atoms with E-state index in [-0.39, 0.29) is 19.1 Å². The van der Waals surface area contributed by atoms with Crippen LogP contribution < -0.4 is 0 Å². The number of hydrogen-bond donors (Lipinski definition) is 1. The average Bonchev–Trinajstić information content (AvgIpc) is 3.02. The van der Waals surface area contributed by atoms with Crippen LogP contribution in [0.1, 0.15) is 39.2 Å². The van der Waals surface area contributed by atoms with Crippen molar-refractivity contribution in [1.29, 1.82) is 0 Å². The van der Waals surface area contributed by atoms with Gasteiger partial charge in [-0.1, -0.05) is 30.3 Å². The van der Waals surface area contributed by atoms with Crippen molar-refractivity contribution in [2.45, 2.75) is 58.0 Å². The van der Waals surface area contributed by atoms with E-state index in [1.807, 2.05) is 30.3 Å². The van der Waals surface area contributed by atoms with E-state index < -0.39 is 23.7 Å². The van der Waals surface area contributed by atoms with Gasteiger partial charge in [0.25, 0.3) is 0 Å². The van der Waals surface area contributed by atoms with Gasteiger partial charge >= 0.3 is 12.1 Å². The lowest BCUT2D eigenvalue weighted by Crippen LogP contribution is -2.43. The number of ether oxygens (including phenoxy) is 3. The van der Waals surface area contributed by atoms with Crippen LogP contribution in [0.4, 0.5) is 4.79 Å². The quantitative estimate of drug-likeness (QED) is 0.699. The topological polar surface area (TPSA) is 85.3 Å². The maximum atomic E-state index is 12.2. The largest absolute Gasteiger partial charge is 0.480 e. The van der Waals surface area contributed by atoms with Crippen molar-refractivity contribution in [3.63, 3.8) is 0 Å². The van der Waals surface area contributed by atoms with Gasteiger partial charge in [0.2, 0.25) is 0 Å². The van der Waals surface area contributed by atoms with Gasteiger partial charge < -0.3 is 19.3 Å². The summed E-state index contributed by atoms with van der Waals surface area (Å²) < 4.78 is 16.7. The zero-order valence-electron chi connectivity index (χ0n) is 16.2. The van der Waals surface area contributed by atoms with E-state index in [0.717, 1.165) is 5.56 Å². The smallest absolute Gasteiger partial charge is 0.411 e. The van der Waals surface area contributed by atoms with Gasteiger partial charge in [0, 0.05) is 19.6 Å². The van der Waals surface area contributed by atoms with Crippen molar-refractivity contribution in [1.82, 2.24) is 4.90 Å². The van der Waals surface area contributed by atoms with Crippen molar-refractivity contribution >= 4 is 12.1 Å². The zero-order chi connectivity index (χ0) is 19.9. The number of carbonyl (C=O) groups excluding carboxylic acids is 1. The Hall–Kier alpha value is -2.12. The molecule has 1 heterocycles. The molecule has 0 aromatic heterocycles. The lowest BCUT2D eigenvalue weighted by Gasteiger charge is -2.26. The van der Waals surface area contributed by atoms with Gasteiger partial charge in [-0.15, -0.1) is 0 Å². The minimum atomic E-state index is -1.04. The number of likely N-dealkylation sites (tertiary alicyclic amines) is 1. The van der Waals surface area contributed by atoms with Crippen LogP contribution in [0, 0.1) is 0 Å². The fourth-order valence-electron chi connectivity index (χ4n) is 2.85. The highest BCUT2D eigenvalue weighted by Crippen LogP contribution is 2.23. The van der Waals surface area contributed by atoms with Crippen LogP contribution in [0.15, 0.2) is 30.3 Å². The Morgan fingerprint density at radius 2 is 1.89 bits per heavy atom. The number of aliphatic carboxylic acids is 1. The molecular formula is C20H29NO6. The summed E-state index contributed by atoms with van der Waals surface area (Å²) in [5.74, 6) is -1.04. The minimum Gasteiger partial charge on any atom is -0.480 e. The molecule has 1 saturated heterocycles. The van der Waals surface area contributed by atoms with E-state index in [1.54, 1.807) is 20.8 Å². The van der Waals surface area contributed by atoms with Crippen LogP contribution >= 0.6 is 0 Å². The van der Waals surface area contributed by atoms with Gasteiger partial charge in [-0.05, 0) is 32.8 Å². The molecule has 1 amide bonds. The summed E-state index contributed by atoms with van der Waals surface area (Å²) in [6.07, 6.45) is 0.0346. The summed E-state index contributed by atoms with van der Waals surface area (Å²) in [5.41, 5.74) is 0.446. The summed E-state index contributed by atoms with van der Waals surface area (Å²) >= 11 is 0. The fourth-order valence-corrected chi connectivity index (χ4v) is 2.85. The molecule has 1 aliphatic heterocycles. The first-order valence-corrected chi connectivity index (χ1v) is 9.22. The molecule has 0 bridgehead atoms. The van der Waals surface area contributed by atoms with Crippen LogP contribution in [0.2, 0.25) is 0 Å². The van der Waals surface area contributed by atoms with Gasteiger partial charge in [-0.25, -0.2) is 9.59 Å². The van der Waals surface area contributed by atoms with Crippen molar-refractivity contribution in [3.8, 4) is 0 Å². The van der Waals surface area contributed by atoms with E-state index in [1.165, 1.54) is 4.90 Å². The van der Waals surface area contributed by atoms with E-state index in [0.29, 0.717) is 26.2 Å². The van der Waals surface area contributed by atoms with E-state index in [2.05, 4.69) is 0 Å². The first-order chi connectivity index (χ1) is 12.8. The number of nitrogens with zero attached hydrogens (tertiary/aromatic N) is 1. The number of benzene rings is 1. The Morgan fingerprint density at radius 3 is 2.52 bits per heavy atom. The van der Waals surface area contributed by atoms with Gasteiger partial charge in [-0.3, -0.25) is 4.90 Å². The predicted molar refractivity (Wildman–Crippen MR) is 99.4 cm³/mol. The number of carboxylic acids is 1. The van der Waals surface area contributed by atoms with Crippen LogP contribution in [0.5, 0.6) is 0 Å². The Morgan fingerprint density at radius 1 is 1.19 bits per heavy atom. The molecule has 150 valence electrons. The minimum absolute atomic E-state index is 0.219. The predicted octanol–water partition coefficient (Wildman–Crippen LogP) is 3.07. The third-order valence-corrected chi connectivity index (χ3v) is 4.07. The standard InChI is InChI=1S/C20H29NO6/c1-20(2,3)27-19(24)21-13-16(12-17(21)18(22)23)26-11-7-10-25-14-15-8-5-4-6-9-15/h4-6,8-9,16-17H,7,10-14H2,1-3H3,(H,22,23)/t16-,17-/m0/s1. The highest BCUT2D eigenvalue weighted by molar-refractivity contribution is 5.81. The Kier molecular flexibility index (Phi) is 7.62. The first kappa shape index (κ1) is 21.2. The summed E-state index contributed by atoms with van der Waals surface area (Å²) in [5, 5.41) is 9.37. The zero-order valence-corrected chi connectivity index (χ0v) is 16.2. The number of rotatable bonds is 8. The molecule has 0 saturated carbocycles. The highest BCUT2D eigenvalue weighted by Gasteiger charge is 2.42. The van der Waals surface area contributed by atoms with Crippen LogP contribution in [0.3, 0.4) is 0 Å². The van der Waals surface area contributed by atoms with Gasteiger partial charge in [-0.2, -0.15) is 0 Å². The molecule has 7 nitrogen and oxygen atoms in total. The second-order valence-corrected chi connectivity index (χ2v) is 7.61. The Balaban J connectivity index is 1.70. The normalized spacial score (nSPS) is 19.9. The summed E-state index contributed by atoms with van der Waals surface area (Å²) in [4.78, 5) is 24.9. The molecule has 0 unspecified atom stereocenters. The molecular weight excluding hydrogens is 350 g/mol. The number of hydrogen-bond acceptors (Lipinski definition) is 5. The molecule has 1 N–H and O–H groups in total. The monoisotopic (exact) mass is 379 g/mol. The van der Waals surface area contributed by atoms with E-state index in [4.69, 9.17) is 14.2 Å². The lowest BCUT2D eigenvalue weighted by molar-refractivity contribution is -0.142. The molecule has 1 fully saturated rings. The SMILES string of the molecule is CC(C)(C)OC(=O)N1C[C@@H](OCCCOCc2ccccc2)C[C@H]1C(=O)O. The molecule has 1 aliphatic rings. The Bertz CT molecular complexity index is 613. The maximum absolute atomic E-state index is 12.2. The highest BCUT2D eigenvalue weighted by atomic mass is 16.6. The number of amides is 1. The summed E-state index contributed by atoms with van der Waals surface area (Å²) in [6, 6.07) is 9.00. The van der Waals surface area contributed by atoms with Crippen LogP contribution in [-0.4, -0.2) is 59.6 Å². The summed E-state index contributed by atoms with van der Waals surface area (Å²) in [7, 11) is 0. The lowest BCUT2D eigenvalue weighted by atomic mass is 10.2. The van der Waals surface area contributed by atoms with Gasteiger partial charge in [0.15, 0.2) is 0 Å². The molecule has 27 heavy (non-hydrogen) atoms. The molecule has 2 atom stereocenters. The fraction of sp³-hybridized carbons (Fsp3) is 0.600. The second-order valence-electron chi connectivity index (χ2n) is 7.61. The molecule has 0 spiro atoms. The van der Waals surface area contributed by atoms with Crippen LogP contribution in [0.25, 0.3) is 0 Å². The van der Waals surface area contributed by atoms with Crippen molar-refractivity contribution in [3.05, 3.63) is 35.9 Å². The maximum Gasteiger partial charge on any atom is 0.411 e. The number of carboxylic acid groups (broad SMARTS) is 1. The Labute approximate surface area is 160 Å². The average molecular weight is 379 g/mol. The number of carbonyl (C=O) groups is 2. The second kappa shape index (κ2) is 9.71. The first-order valence-electron chi connectivity index (χ1n) is 9.22.